The van der Waals surface area contributed by atoms with E-state index in [2.05, 4.69) is 20.9 Å². The van der Waals surface area contributed by atoms with Crippen molar-refractivity contribution in [1.82, 2.24) is 9.38 Å². The molecule has 0 N–H and O–H groups in total. The molecule has 3 aromatic rings. The number of allylic oxidation sites excluding steroid dienone is 1. The smallest absolute Gasteiger partial charge is 0.267 e. The summed E-state index contributed by atoms with van der Waals surface area (Å²) in [4.78, 5) is 19.5. The van der Waals surface area contributed by atoms with Crippen molar-refractivity contribution in [2.45, 2.75) is 23.5 Å². The number of halogens is 1. The van der Waals surface area contributed by atoms with Gasteiger partial charge in [0.25, 0.3) is 5.56 Å². The van der Waals surface area contributed by atoms with Crippen molar-refractivity contribution in [3.05, 3.63) is 74.0 Å². The second-order valence-corrected chi connectivity index (χ2v) is 11.1. The number of anilines is 1. The van der Waals surface area contributed by atoms with E-state index in [1.807, 2.05) is 4.90 Å². The van der Waals surface area contributed by atoms with Gasteiger partial charge in [-0.25, -0.2) is 13.4 Å². The van der Waals surface area contributed by atoms with Crippen LogP contribution in [0.3, 0.4) is 0 Å². The molecule has 5 rings (SSSR count). The highest BCUT2D eigenvalue weighted by atomic mass is 79.9. The lowest BCUT2D eigenvalue weighted by atomic mass is 10.0. The molecule has 2 aliphatic heterocycles. The molecule has 0 atom stereocenters. The first-order chi connectivity index (χ1) is 16.8. The Hall–Kier alpha value is -3.04. The quantitative estimate of drug-likeness (QED) is 0.450. The van der Waals surface area contributed by atoms with E-state index in [-0.39, 0.29) is 10.5 Å². The van der Waals surface area contributed by atoms with Crippen LogP contribution in [-0.4, -0.2) is 49.9 Å². The number of hydrogen-bond donors (Lipinski definition) is 0. The molecule has 0 saturated carbocycles. The molecular weight excluding hydrogens is 536 g/mol. The minimum Gasteiger partial charge on any atom is -0.355 e. The molecule has 0 unspecified atom stereocenters. The Morgan fingerprint density at radius 3 is 2.46 bits per heavy atom. The Balaban J connectivity index is 1.62. The highest BCUT2D eigenvalue weighted by Crippen LogP contribution is 2.34. The Kier molecular flexibility index (Phi) is 6.23. The largest absolute Gasteiger partial charge is 0.355 e. The van der Waals surface area contributed by atoms with Gasteiger partial charge < -0.3 is 14.4 Å². The first kappa shape index (κ1) is 23.7. The van der Waals surface area contributed by atoms with E-state index in [1.165, 1.54) is 16.5 Å². The van der Waals surface area contributed by atoms with E-state index in [0.29, 0.717) is 55.1 Å². The third-order valence-corrected chi connectivity index (χ3v) is 8.40. The lowest BCUT2D eigenvalue weighted by Gasteiger charge is -2.38. The number of rotatable bonds is 4. The number of piperidine rings is 1. The first-order valence-corrected chi connectivity index (χ1v) is 13.3. The number of hydrogen-bond acceptors (Lipinski definition) is 8. The van der Waals surface area contributed by atoms with Gasteiger partial charge in [0.15, 0.2) is 5.79 Å². The van der Waals surface area contributed by atoms with Crippen molar-refractivity contribution >= 4 is 43.3 Å². The molecule has 4 heterocycles. The van der Waals surface area contributed by atoms with Crippen molar-refractivity contribution in [2.24, 2.45) is 0 Å². The molecule has 2 saturated heterocycles. The van der Waals surface area contributed by atoms with Gasteiger partial charge in [0, 0.05) is 36.6 Å². The summed E-state index contributed by atoms with van der Waals surface area (Å²) in [6.07, 6.45) is 3.85. The molecule has 180 valence electrons. The summed E-state index contributed by atoms with van der Waals surface area (Å²) in [6, 6.07) is 12.9. The standard InChI is InChI=1S/C24H21BrN4O5S/c25-17-4-6-18(7-5-17)35(31,32)19(16-26)15-20-22(27-21-3-1-2-10-29(21)23(20)30)28-11-8-24(9-12-28)33-13-14-34-24/h1-7,10,15H,8-9,11-14H2/b19-15+. The SMILES string of the molecule is N#C/C(=C\c1c(N2CCC3(CC2)OCCO3)nc2ccccn2c1=O)S(=O)(=O)c1ccc(Br)cc1. The monoisotopic (exact) mass is 556 g/mol. The van der Waals surface area contributed by atoms with Gasteiger partial charge >= 0.3 is 0 Å². The fourth-order valence-electron chi connectivity index (χ4n) is 4.35. The summed E-state index contributed by atoms with van der Waals surface area (Å²) in [5.41, 5.74) is 0.000678. The molecule has 2 fully saturated rings. The zero-order valence-corrected chi connectivity index (χ0v) is 21.0. The maximum Gasteiger partial charge on any atom is 0.267 e. The summed E-state index contributed by atoms with van der Waals surface area (Å²) in [6.45, 7) is 2.08. The predicted molar refractivity (Wildman–Crippen MR) is 132 cm³/mol. The van der Waals surface area contributed by atoms with E-state index in [9.17, 15) is 18.5 Å². The van der Waals surface area contributed by atoms with Crippen molar-refractivity contribution < 1.29 is 17.9 Å². The highest BCUT2D eigenvalue weighted by Gasteiger charge is 2.40. The summed E-state index contributed by atoms with van der Waals surface area (Å²) in [5.74, 6) is -0.297. The Morgan fingerprint density at radius 2 is 1.80 bits per heavy atom. The Bertz CT molecular complexity index is 1510. The maximum absolute atomic E-state index is 13.5. The number of fused-ring (bicyclic) bond motifs is 1. The van der Waals surface area contributed by atoms with Crippen molar-refractivity contribution in [2.75, 3.05) is 31.2 Å². The van der Waals surface area contributed by atoms with Crippen LogP contribution >= 0.6 is 15.9 Å². The first-order valence-electron chi connectivity index (χ1n) is 11.0. The summed E-state index contributed by atoms with van der Waals surface area (Å²) in [7, 11) is -4.16. The number of pyridine rings is 1. The van der Waals surface area contributed by atoms with E-state index in [1.54, 1.807) is 42.6 Å². The van der Waals surface area contributed by atoms with Crippen molar-refractivity contribution in [3.8, 4) is 6.07 Å². The van der Waals surface area contributed by atoms with E-state index in [0.717, 1.165) is 6.08 Å². The van der Waals surface area contributed by atoms with Crippen LogP contribution < -0.4 is 10.5 Å². The van der Waals surface area contributed by atoms with E-state index < -0.39 is 26.1 Å². The molecule has 0 radical (unpaired) electrons. The maximum atomic E-state index is 13.5. The molecule has 0 aliphatic carbocycles. The van der Waals surface area contributed by atoms with Gasteiger partial charge in [-0.1, -0.05) is 22.0 Å². The van der Waals surface area contributed by atoms with Crippen molar-refractivity contribution in [3.63, 3.8) is 0 Å². The van der Waals surface area contributed by atoms with Crippen LogP contribution in [0.1, 0.15) is 18.4 Å². The minimum atomic E-state index is -4.16. The van der Waals surface area contributed by atoms with Gasteiger partial charge in [-0.2, -0.15) is 5.26 Å². The Morgan fingerprint density at radius 1 is 1.11 bits per heavy atom. The molecule has 35 heavy (non-hydrogen) atoms. The summed E-state index contributed by atoms with van der Waals surface area (Å²) < 4.78 is 40.1. The second-order valence-electron chi connectivity index (χ2n) is 8.26. The lowest BCUT2D eigenvalue weighted by Crippen LogP contribution is -2.46. The third kappa shape index (κ3) is 4.38. The fraction of sp³-hybridized carbons (Fsp3) is 0.292. The number of nitriles is 1. The topological polar surface area (TPSA) is 114 Å². The molecule has 0 amide bonds. The second kappa shape index (κ2) is 9.20. The van der Waals surface area contributed by atoms with Crippen LogP contribution in [0.2, 0.25) is 0 Å². The van der Waals surface area contributed by atoms with Crippen LogP contribution in [0.25, 0.3) is 11.7 Å². The van der Waals surface area contributed by atoms with Gasteiger partial charge in [-0.3, -0.25) is 9.20 Å². The van der Waals surface area contributed by atoms with Crippen LogP contribution in [-0.2, 0) is 19.3 Å². The van der Waals surface area contributed by atoms with Gasteiger partial charge in [0.2, 0.25) is 9.84 Å². The molecule has 1 aromatic carbocycles. The van der Waals surface area contributed by atoms with Crippen LogP contribution in [0.4, 0.5) is 5.82 Å². The molecule has 9 nitrogen and oxygen atoms in total. The number of aromatic nitrogens is 2. The van der Waals surface area contributed by atoms with Gasteiger partial charge in [0.05, 0.1) is 23.7 Å². The number of benzene rings is 1. The van der Waals surface area contributed by atoms with Crippen LogP contribution in [0.5, 0.6) is 0 Å². The molecule has 0 bridgehead atoms. The summed E-state index contributed by atoms with van der Waals surface area (Å²) in [5, 5.41) is 9.80. The molecule has 2 aliphatic rings. The number of ether oxygens (including phenoxy) is 2. The zero-order valence-electron chi connectivity index (χ0n) is 18.6. The summed E-state index contributed by atoms with van der Waals surface area (Å²) >= 11 is 3.28. The lowest BCUT2D eigenvalue weighted by molar-refractivity contribution is -0.169. The minimum absolute atomic E-state index is 0.0372. The molecule has 2 aromatic heterocycles. The van der Waals surface area contributed by atoms with Crippen LogP contribution in [0, 0.1) is 11.3 Å². The molecular formula is C24H21BrN4O5S. The van der Waals surface area contributed by atoms with Crippen LogP contribution in [0.15, 0.2) is 67.7 Å². The molecule has 11 heteroatoms. The highest BCUT2D eigenvalue weighted by molar-refractivity contribution is 9.10. The number of sulfone groups is 1. The van der Waals surface area contributed by atoms with Gasteiger partial charge in [-0.15, -0.1) is 0 Å². The normalized spacial score (nSPS) is 18.2. The zero-order chi connectivity index (χ0) is 24.6. The fourth-order valence-corrected chi connectivity index (χ4v) is 5.75. The average molecular weight is 557 g/mol. The molecule has 1 spiro atoms. The van der Waals surface area contributed by atoms with Gasteiger partial charge in [-0.05, 0) is 42.5 Å². The van der Waals surface area contributed by atoms with Gasteiger partial charge in [0.1, 0.15) is 22.4 Å². The third-order valence-electron chi connectivity index (χ3n) is 6.19. The van der Waals surface area contributed by atoms with Crippen molar-refractivity contribution in [1.29, 1.82) is 5.26 Å². The van der Waals surface area contributed by atoms with E-state index >= 15 is 0 Å². The van der Waals surface area contributed by atoms with E-state index in [4.69, 9.17) is 9.47 Å². The Labute approximate surface area is 210 Å². The number of nitrogens with zero attached hydrogens (tertiary/aromatic N) is 4. The predicted octanol–water partition coefficient (Wildman–Crippen LogP) is 3.14. The average Bonchev–Trinajstić information content (AvgIpc) is 3.32.